The van der Waals surface area contributed by atoms with Crippen molar-refractivity contribution >= 4 is 15.9 Å². The van der Waals surface area contributed by atoms with Crippen LogP contribution in [0.15, 0.2) is 46.9 Å². The Labute approximate surface area is 126 Å². The average Bonchev–Trinajstić information content (AvgIpc) is 2.48. The second-order valence-corrected chi connectivity index (χ2v) is 5.43. The molecule has 2 rings (SSSR count). The van der Waals surface area contributed by atoms with Crippen molar-refractivity contribution in [2.45, 2.75) is 25.9 Å². The lowest BCUT2D eigenvalue weighted by Crippen LogP contribution is -2.21. The van der Waals surface area contributed by atoms with Crippen molar-refractivity contribution < 1.29 is 8.78 Å². The van der Waals surface area contributed by atoms with E-state index < -0.39 is 11.6 Å². The highest BCUT2D eigenvalue weighted by Crippen LogP contribution is 2.23. The third-order valence-electron chi connectivity index (χ3n) is 3.27. The molecule has 0 amide bonds. The minimum Gasteiger partial charge on any atom is -0.306 e. The lowest BCUT2D eigenvalue weighted by molar-refractivity contribution is 0.482. The molecule has 0 bridgehead atoms. The van der Waals surface area contributed by atoms with Crippen molar-refractivity contribution in [3.05, 3.63) is 69.7 Å². The molecule has 0 spiro atoms. The highest BCUT2D eigenvalue weighted by molar-refractivity contribution is 9.10. The largest absolute Gasteiger partial charge is 0.306 e. The van der Waals surface area contributed by atoms with E-state index in [4.69, 9.17) is 0 Å². The van der Waals surface area contributed by atoms with Crippen LogP contribution >= 0.6 is 15.9 Å². The Kier molecular flexibility index (Phi) is 5.26. The van der Waals surface area contributed by atoms with Crippen molar-refractivity contribution in [2.75, 3.05) is 0 Å². The van der Waals surface area contributed by atoms with Crippen molar-refractivity contribution in [3.8, 4) is 0 Å². The normalized spacial score (nSPS) is 12.4. The van der Waals surface area contributed by atoms with Crippen LogP contribution in [0.5, 0.6) is 0 Å². The van der Waals surface area contributed by atoms with Gasteiger partial charge >= 0.3 is 0 Å². The lowest BCUT2D eigenvalue weighted by Gasteiger charge is -2.18. The van der Waals surface area contributed by atoms with Gasteiger partial charge in [-0.3, -0.25) is 0 Å². The summed E-state index contributed by atoms with van der Waals surface area (Å²) >= 11 is 3.08. The summed E-state index contributed by atoms with van der Waals surface area (Å²) in [4.78, 5) is 0. The Bertz CT molecular complexity index is 572. The number of benzene rings is 2. The first-order chi connectivity index (χ1) is 9.63. The SMILES string of the molecule is CCC(NCc1c(F)ccc(Br)c1F)c1ccccc1. The molecule has 0 aliphatic carbocycles. The molecule has 1 nitrogen and oxygen atoms in total. The molecule has 106 valence electrons. The van der Waals surface area contributed by atoms with Gasteiger partial charge in [-0.2, -0.15) is 0 Å². The van der Waals surface area contributed by atoms with E-state index in [0.29, 0.717) is 0 Å². The maximum absolute atomic E-state index is 13.9. The van der Waals surface area contributed by atoms with E-state index in [1.807, 2.05) is 37.3 Å². The molecule has 2 aromatic rings. The molecular weight excluding hydrogens is 324 g/mol. The molecule has 4 heteroatoms. The van der Waals surface area contributed by atoms with Crippen LogP contribution in [-0.4, -0.2) is 0 Å². The predicted molar refractivity (Wildman–Crippen MR) is 80.4 cm³/mol. The van der Waals surface area contributed by atoms with Gasteiger partial charge in [0.25, 0.3) is 0 Å². The summed E-state index contributed by atoms with van der Waals surface area (Å²) in [5, 5.41) is 3.21. The molecule has 20 heavy (non-hydrogen) atoms. The quantitative estimate of drug-likeness (QED) is 0.758. The first-order valence-corrected chi connectivity index (χ1v) is 7.33. The van der Waals surface area contributed by atoms with Gasteiger partial charge in [0.05, 0.1) is 4.47 Å². The molecule has 2 aromatic carbocycles. The topological polar surface area (TPSA) is 12.0 Å². The number of halogens is 3. The van der Waals surface area contributed by atoms with E-state index in [9.17, 15) is 8.78 Å². The van der Waals surface area contributed by atoms with E-state index in [2.05, 4.69) is 21.2 Å². The van der Waals surface area contributed by atoms with E-state index in [1.165, 1.54) is 12.1 Å². The summed E-state index contributed by atoms with van der Waals surface area (Å²) in [6, 6.07) is 12.6. The zero-order chi connectivity index (χ0) is 14.5. The van der Waals surface area contributed by atoms with E-state index >= 15 is 0 Å². The lowest BCUT2D eigenvalue weighted by atomic mass is 10.0. The van der Waals surface area contributed by atoms with Crippen molar-refractivity contribution in [1.29, 1.82) is 0 Å². The fraction of sp³-hybridized carbons (Fsp3) is 0.250. The third-order valence-corrected chi connectivity index (χ3v) is 3.89. The fourth-order valence-electron chi connectivity index (χ4n) is 2.14. The highest BCUT2D eigenvalue weighted by Gasteiger charge is 2.14. The summed E-state index contributed by atoms with van der Waals surface area (Å²) in [5.41, 5.74) is 1.18. The van der Waals surface area contributed by atoms with Crippen molar-refractivity contribution in [2.24, 2.45) is 0 Å². The van der Waals surface area contributed by atoms with Gasteiger partial charge in [-0.05, 0) is 40.0 Å². The zero-order valence-electron chi connectivity index (χ0n) is 11.2. The number of nitrogens with one attached hydrogen (secondary N) is 1. The van der Waals surface area contributed by atoms with Crippen LogP contribution in [0.4, 0.5) is 8.78 Å². The Morgan fingerprint density at radius 1 is 1.10 bits per heavy atom. The summed E-state index contributed by atoms with van der Waals surface area (Å²) in [6.45, 7) is 2.20. The number of hydrogen-bond donors (Lipinski definition) is 1. The molecule has 0 aliphatic rings. The van der Waals surface area contributed by atoms with E-state index in [-0.39, 0.29) is 22.6 Å². The van der Waals surface area contributed by atoms with Crippen LogP contribution in [0.2, 0.25) is 0 Å². The molecule has 0 aliphatic heterocycles. The summed E-state index contributed by atoms with van der Waals surface area (Å²) in [5.74, 6) is -1.07. The minimum absolute atomic E-state index is 0.0637. The molecule has 0 aromatic heterocycles. The Morgan fingerprint density at radius 2 is 1.80 bits per heavy atom. The maximum Gasteiger partial charge on any atom is 0.144 e. The second kappa shape index (κ2) is 6.95. The molecule has 1 N–H and O–H groups in total. The molecular formula is C16H16BrF2N. The van der Waals surface area contributed by atoms with Crippen LogP contribution in [0, 0.1) is 11.6 Å². The number of rotatable bonds is 5. The van der Waals surface area contributed by atoms with Gasteiger partial charge in [-0.15, -0.1) is 0 Å². The van der Waals surface area contributed by atoms with Crippen LogP contribution in [0.25, 0.3) is 0 Å². The highest BCUT2D eigenvalue weighted by atomic mass is 79.9. The van der Waals surface area contributed by atoms with Crippen LogP contribution in [-0.2, 0) is 6.54 Å². The van der Waals surface area contributed by atoms with Gasteiger partial charge < -0.3 is 5.32 Å². The third kappa shape index (κ3) is 3.44. The smallest absolute Gasteiger partial charge is 0.144 e. The molecule has 0 saturated heterocycles. The predicted octanol–water partition coefficient (Wildman–Crippen LogP) is 4.97. The van der Waals surface area contributed by atoms with Gasteiger partial charge in [0.15, 0.2) is 0 Å². The average molecular weight is 340 g/mol. The van der Waals surface area contributed by atoms with Crippen LogP contribution in [0.1, 0.15) is 30.5 Å². The molecule has 0 saturated carbocycles. The van der Waals surface area contributed by atoms with Gasteiger partial charge in [0.1, 0.15) is 11.6 Å². The second-order valence-electron chi connectivity index (χ2n) is 4.57. The molecule has 0 fully saturated rings. The Hall–Kier alpha value is -1.26. The minimum atomic E-state index is -0.541. The Morgan fingerprint density at radius 3 is 2.45 bits per heavy atom. The fourth-order valence-corrected chi connectivity index (χ4v) is 2.51. The zero-order valence-corrected chi connectivity index (χ0v) is 12.8. The van der Waals surface area contributed by atoms with E-state index in [0.717, 1.165) is 12.0 Å². The molecule has 0 heterocycles. The maximum atomic E-state index is 13.9. The van der Waals surface area contributed by atoms with E-state index in [1.54, 1.807) is 0 Å². The standard InChI is InChI=1S/C16H16BrF2N/c1-2-15(11-6-4-3-5-7-11)20-10-12-14(18)9-8-13(17)16(12)19/h3-9,15,20H,2,10H2,1H3. The molecule has 0 radical (unpaired) electrons. The summed E-state index contributed by atoms with van der Waals surface area (Å²) in [6.07, 6.45) is 0.848. The van der Waals surface area contributed by atoms with Gasteiger partial charge in [-0.25, -0.2) is 8.78 Å². The Balaban J connectivity index is 2.14. The summed E-state index contributed by atoms with van der Waals surface area (Å²) in [7, 11) is 0. The van der Waals surface area contributed by atoms with Gasteiger partial charge in [0, 0.05) is 18.2 Å². The van der Waals surface area contributed by atoms with Crippen LogP contribution < -0.4 is 5.32 Å². The van der Waals surface area contributed by atoms with Gasteiger partial charge in [0.2, 0.25) is 0 Å². The molecule has 1 unspecified atom stereocenters. The monoisotopic (exact) mass is 339 g/mol. The summed E-state index contributed by atoms with van der Waals surface area (Å²) < 4.78 is 27.9. The van der Waals surface area contributed by atoms with Crippen molar-refractivity contribution in [1.82, 2.24) is 5.32 Å². The van der Waals surface area contributed by atoms with Crippen LogP contribution in [0.3, 0.4) is 0 Å². The first-order valence-electron chi connectivity index (χ1n) is 6.54. The van der Waals surface area contributed by atoms with Gasteiger partial charge in [-0.1, -0.05) is 37.3 Å². The first kappa shape index (κ1) is 15.1. The van der Waals surface area contributed by atoms with Crippen molar-refractivity contribution in [3.63, 3.8) is 0 Å². The molecule has 1 atom stereocenters. The number of hydrogen-bond acceptors (Lipinski definition) is 1.